The second kappa shape index (κ2) is 8.97. The lowest BCUT2D eigenvalue weighted by molar-refractivity contribution is 0.0674. The van der Waals surface area contributed by atoms with Crippen LogP contribution >= 0.6 is 0 Å². The van der Waals surface area contributed by atoms with Crippen LogP contribution in [0.5, 0.6) is 0 Å². The summed E-state index contributed by atoms with van der Waals surface area (Å²) in [5.41, 5.74) is 4.38. The van der Waals surface area contributed by atoms with E-state index in [0.29, 0.717) is 29.9 Å². The number of piperidine rings is 1. The maximum atomic E-state index is 13.3. The average molecular weight is 469 g/mol. The number of carbonyl (C=O) groups is 1. The van der Waals surface area contributed by atoms with Crippen LogP contribution in [0.3, 0.4) is 0 Å². The Bertz CT molecular complexity index is 1280. The van der Waals surface area contributed by atoms with Gasteiger partial charge in [-0.3, -0.25) is 9.52 Å². The summed E-state index contributed by atoms with van der Waals surface area (Å²) in [5, 5.41) is 3.93. The molecule has 4 rings (SSSR count). The zero-order valence-electron chi connectivity index (χ0n) is 19.3. The normalized spacial score (nSPS) is 14.4. The Labute approximate surface area is 194 Å². The fourth-order valence-corrected chi connectivity index (χ4v) is 5.69. The average Bonchev–Trinajstić information content (AvgIpc) is 3.27. The largest absolute Gasteiger partial charge is 0.334 e. The Morgan fingerprint density at radius 2 is 1.64 bits per heavy atom. The van der Waals surface area contributed by atoms with Crippen molar-refractivity contribution in [2.24, 2.45) is 0 Å². The summed E-state index contributed by atoms with van der Waals surface area (Å²) in [6.45, 7) is 8.80. The Morgan fingerprint density at radius 3 is 2.30 bits per heavy atom. The van der Waals surface area contributed by atoms with Crippen LogP contribution in [0.15, 0.2) is 39.8 Å². The first-order valence-corrected chi connectivity index (χ1v) is 12.5. The molecule has 1 N–H and O–H groups in total. The third-order valence-corrected chi connectivity index (χ3v) is 7.39. The molecule has 9 heteroatoms. The summed E-state index contributed by atoms with van der Waals surface area (Å²) in [6.07, 6.45) is 3.02. The third kappa shape index (κ3) is 4.78. The van der Waals surface area contributed by atoms with Gasteiger partial charge in [0.05, 0.1) is 10.6 Å². The molecule has 0 atom stereocenters. The van der Waals surface area contributed by atoms with E-state index in [0.717, 1.165) is 36.0 Å². The van der Waals surface area contributed by atoms with Gasteiger partial charge in [-0.15, -0.1) is 0 Å². The number of carbonyl (C=O) groups excluding carboxylic acids is 1. The van der Waals surface area contributed by atoms with Gasteiger partial charge in [-0.25, -0.2) is 8.42 Å². The van der Waals surface area contributed by atoms with E-state index in [4.69, 9.17) is 4.52 Å². The molecule has 1 saturated heterocycles. The molecule has 0 spiro atoms. The molecule has 1 amide bonds. The molecule has 0 unspecified atom stereocenters. The number of aryl methyl sites for hydroxylation is 4. The van der Waals surface area contributed by atoms with Crippen molar-refractivity contribution in [1.82, 2.24) is 15.0 Å². The van der Waals surface area contributed by atoms with E-state index in [1.165, 1.54) is 6.07 Å². The SMILES string of the molecule is Cc1cc(C)c(NS(=O)(=O)c2cc(-c3noc(C(=O)N4CCCCC4)n3)ccc2C)c(C)c1. The lowest BCUT2D eigenvalue weighted by atomic mass is 10.1. The lowest BCUT2D eigenvalue weighted by Crippen LogP contribution is -2.35. The number of hydrogen-bond acceptors (Lipinski definition) is 6. The highest BCUT2D eigenvalue weighted by molar-refractivity contribution is 7.92. The smallest absolute Gasteiger partial charge is 0.316 e. The van der Waals surface area contributed by atoms with Crippen LogP contribution < -0.4 is 4.72 Å². The summed E-state index contributed by atoms with van der Waals surface area (Å²) >= 11 is 0. The molecule has 0 saturated carbocycles. The summed E-state index contributed by atoms with van der Waals surface area (Å²) in [4.78, 5) is 18.7. The van der Waals surface area contributed by atoms with Crippen LogP contribution in [-0.4, -0.2) is 42.5 Å². The predicted molar refractivity (Wildman–Crippen MR) is 126 cm³/mol. The molecule has 0 bridgehead atoms. The van der Waals surface area contributed by atoms with Crippen molar-refractivity contribution in [3.05, 3.63) is 58.5 Å². The first-order chi connectivity index (χ1) is 15.7. The van der Waals surface area contributed by atoms with Gasteiger partial charge in [0.15, 0.2) is 0 Å². The van der Waals surface area contributed by atoms with Gasteiger partial charge in [-0.05, 0) is 69.7 Å². The fraction of sp³-hybridized carbons (Fsp3) is 0.375. The number of nitrogens with one attached hydrogen (secondary N) is 1. The minimum atomic E-state index is -3.87. The van der Waals surface area contributed by atoms with Crippen LogP contribution in [0.1, 0.15) is 52.2 Å². The zero-order valence-corrected chi connectivity index (χ0v) is 20.1. The van der Waals surface area contributed by atoms with Gasteiger partial charge in [0, 0.05) is 18.7 Å². The van der Waals surface area contributed by atoms with E-state index >= 15 is 0 Å². The Kier molecular flexibility index (Phi) is 6.25. The van der Waals surface area contributed by atoms with Crippen LogP contribution in [0, 0.1) is 27.7 Å². The number of likely N-dealkylation sites (tertiary alicyclic amines) is 1. The standard InChI is InChI=1S/C24H28N4O4S/c1-15-12-17(3)21(18(4)13-15)27-33(30,31)20-14-19(9-8-16(20)2)22-25-23(32-26-22)24(29)28-10-6-5-7-11-28/h8-9,12-14,27H,5-7,10-11H2,1-4H3. The van der Waals surface area contributed by atoms with Crippen molar-refractivity contribution in [3.8, 4) is 11.4 Å². The lowest BCUT2D eigenvalue weighted by Gasteiger charge is -2.24. The number of anilines is 1. The van der Waals surface area contributed by atoms with Gasteiger partial charge in [-0.1, -0.05) is 35.0 Å². The van der Waals surface area contributed by atoms with Crippen LogP contribution in [0.4, 0.5) is 5.69 Å². The molecule has 1 aliphatic heterocycles. The molecule has 2 aromatic carbocycles. The third-order valence-electron chi connectivity index (χ3n) is 5.90. The van der Waals surface area contributed by atoms with Crippen molar-refractivity contribution in [1.29, 1.82) is 0 Å². The molecule has 0 aliphatic carbocycles. The number of nitrogens with zero attached hydrogens (tertiary/aromatic N) is 3. The quantitative estimate of drug-likeness (QED) is 0.595. The van der Waals surface area contributed by atoms with E-state index < -0.39 is 10.0 Å². The summed E-state index contributed by atoms with van der Waals surface area (Å²) < 4.78 is 34.5. The monoisotopic (exact) mass is 468 g/mol. The van der Waals surface area contributed by atoms with Gasteiger partial charge >= 0.3 is 11.8 Å². The first kappa shape index (κ1) is 23.0. The molecule has 3 aromatic rings. The highest BCUT2D eigenvalue weighted by Crippen LogP contribution is 2.28. The van der Waals surface area contributed by atoms with Crippen molar-refractivity contribution < 1.29 is 17.7 Å². The van der Waals surface area contributed by atoms with Crippen molar-refractivity contribution in [2.75, 3.05) is 17.8 Å². The molecular formula is C24H28N4O4S. The van der Waals surface area contributed by atoms with Crippen molar-refractivity contribution in [3.63, 3.8) is 0 Å². The molecule has 33 heavy (non-hydrogen) atoms. The van der Waals surface area contributed by atoms with Gasteiger partial charge in [0.25, 0.3) is 10.0 Å². The Morgan fingerprint density at radius 1 is 0.970 bits per heavy atom. The van der Waals surface area contributed by atoms with E-state index in [1.54, 1.807) is 24.0 Å². The minimum Gasteiger partial charge on any atom is -0.334 e. The summed E-state index contributed by atoms with van der Waals surface area (Å²) in [6, 6.07) is 8.80. The number of benzene rings is 2. The Hall–Kier alpha value is -3.20. The summed E-state index contributed by atoms with van der Waals surface area (Å²) in [5.74, 6) is -0.198. The fourth-order valence-electron chi connectivity index (χ4n) is 4.22. The number of rotatable bonds is 5. The Balaban J connectivity index is 1.63. The van der Waals surface area contributed by atoms with Crippen molar-refractivity contribution in [2.45, 2.75) is 51.9 Å². The molecule has 1 aliphatic rings. The second-order valence-electron chi connectivity index (χ2n) is 8.64. The number of hydrogen-bond donors (Lipinski definition) is 1. The maximum Gasteiger partial charge on any atom is 0.316 e. The van der Waals surface area contributed by atoms with E-state index in [1.807, 2.05) is 32.9 Å². The van der Waals surface area contributed by atoms with Crippen molar-refractivity contribution >= 4 is 21.6 Å². The summed E-state index contributed by atoms with van der Waals surface area (Å²) in [7, 11) is -3.87. The van der Waals surface area contributed by atoms with E-state index in [9.17, 15) is 13.2 Å². The van der Waals surface area contributed by atoms with Crippen LogP contribution in [0.2, 0.25) is 0 Å². The molecule has 8 nitrogen and oxygen atoms in total. The molecular weight excluding hydrogens is 440 g/mol. The number of sulfonamides is 1. The minimum absolute atomic E-state index is 0.0825. The molecule has 1 fully saturated rings. The highest BCUT2D eigenvalue weighted by Gasteiger charge is 2.25. The number of amides is 1. The van der Waals surface area contributed by atoms with Gasteiger partial charge in [0.2, 0.25) is 5.82 Å². The predicted octanol–water partition coefficient (Wildman–Crippen LogP) is 4.40. The molecule has 0 radical (unpaired) electrons. The molecule has 1 aromatic heterocycles. The van der Waals surface area contributed by atoms with Gasteiger partial charge < -0.3 is 9.42 Å². The number of aromatic nitrogens is 2. The van der Waals surface area contributed by atoms with Crippen LogP contribution in [0.25, 0.3) is 11.4 Å². The zero-order chi connectivity index (χ0) is 23.8. The van der Waals surface area contributed by atoms with Crippen LogP contribution in [-0.2, 0) is 10.0 Å². The van der Waals surface area contributed by atoms with Gasteiger partial charge in [0.1, 0.15) is 0 Å². The molecule has 174 valence electrons. The first-order valence-electron chi connectivity index (χ1n) is 11.0. The van der Waals surface area contributed by atoms with Gasteiger partial charge in [-0.2, -0.15) is 4.98 Å². The molecule has 2 heterocycles. The van der Waals surface area contributed by atoms with E-state index in [-0.39, 0.29) is 22.5 Å². The highest BCUT2D eigenvalue weighted by atomic mass is 32.2. The van der Waals surface area contributed by atoms with E-state index in [2.05, 4.69) is 14.9 Å². The topological polar surface area (TPSA) is 105 Å². The second-order valence-corrected chi connectivity index (χ2v) is 10.3. The maximum absolute atomic E-state index is 13.3.